The first-order valence-corrected chi connectivity index (χ1v) is 10.9. The molecule has 0 atom stereocenters. The fraction of sp³-hybridized carbons (Fsp3) is 0.192. The summed E-state index contributed by atoms with van der Waals surface area (Å²) in [5.41, 5.74) is 8.28. The molecule has 0 aliphatic rings. The topological polar surface area (TPSA) is 158 Å². The van der Waals surface area contributed by atoms with Crippen molar-refractivity contribution in [2.24, 2.45) is 5.73 Å². The van der Waals surface area contributed by atoms with E-state index in [1.165, 1.54) is 24.3 Å². The Morgan fingerprint density at radius 3 is 2.14 bits per heavy atom. The van der Waals surface area contributed by atoms with Crippen LogP contribution >= 0.6 is 0 Å². The van der Waals surface area contributed by atoms with Gasteiger partial charge in [-0.1, -0.05) is 38.1 Å². The van der Waals surface area contributed by atoms with Gasteiger partial charge < -0.3 is 31.3 Å². The van der Waals surface area contributed by atoms with Crippen LogP contribution < -0.4 is 21.1 Å². The van der Waals surface area contributed by atoms with Gasteiger partial charge >= 0.3 is 0 Å². The highest BCUT2D eigenvalue weighted by molar-refractivity contribution is 6.10. The predicted molar refractivity (Wildman–Crippen MR) is 134 cm³/mol. The van der Waals surface area contributed by atoms with E-state index < -0.39 is 18.1 Å². The average molecular weight is 477 g/mol. The molecular formula is C26H28N4O5. The maximum Gasteiger partial charge on any atom is 0.255 e. The Hall–Kier alpha value is -4.21. The quantitative estimate of drug-likeness (QED) is 0.158. The number of ether oxygens (including phenoxy) is 1. The zero-order valence-corrected chi connectivity index (χ0v) is 19.4. The van der Waals surface area contributed by atoms with E-state index in [2.05, 4.69) is 24.5 Å². The Labute approximate surface area is 203 Å². The molecule has 3 rings (SSSR count). The molecule has 0 unspecified atom stereocenters. The van der Waals surface area contributed by atoms with Crippen LogP contribution in [0.2, 0.25) is 0 Å². The van der Waals surface area contributed by atoms with Crippen molar-refractivity contribution < 1.29 is 24.5 Å². The summed E-state index contributed by atoms with van der Waals surface area (Å²) in [5, 5.41) is 31.2. The highest BCUT2D eigenvalue weighted by atomic mass is 16.5. The van der Waals surface area contributed by atoms with Gasteiger partial charge in [-0.15, -0.1) is 0 Å². The number of nitrogens with one attached hydrogen (secondary N) is 3. The molecule has 3 aromatic rings. The lowest BCUT2D eigenvalue weighted by atomic mass is 10.0. The van der Waals surface area contributed by atoms with Crippen molar-refractivity contribution in [3.05, 3.63) is 89.0 Å². The molecule has 7 N–H and O–H groups in total. The number of aliphatic hydroxyl groups excluding tert-OH is 1. The first kappa shape index (κ1) is 25.4. The van der Waals surface area contributed by atoms with Gasteiger partial charge in [-0.05, 0) is 47.9 Å². The van der Waals surface area contributed by atoms with Crippen molar-refractivity contribution in [3.8, 4) is 5.75 Å². The van der Waals surface area contributed by atoms with Crippen molar-refractivity contribution in [2.75, 3.05) is 17.2 Å². The second-order valence-corrected chi connectivity index (χ2v) is 8.18. The van der Waals surface area contributed by atoms with Crippen molar-refractivity contribution in [1.82, 2.24) is 0 Å². The van der Waals surface area contributed by atoms with E-state index >= 15 is 0 Å². The molecule has 9 heteroatoms. The van der Waals surface area contributed by atoms with Crippen LogP contribution in [0.4, 0.5) is 11.4 Å². The summed E-state index contributed by atoms with van der Waals surface area (Å²) in [6, 6.07) is 18.0. The van der Waals surface area contributed by atoms with E-state index in [1.807, 2.05) is 12.1 Å². The fourth-order valence-corrected chi connectivity index (χ4v) is 3.23. The van der Waals surface area contributed by atoms with Crippen molar-refractivity contribution >= 4 is 29.0 Å². The van der Waals surface area contributed by atoms with Gasteiger partial charge in [0.05, 0.1) is 11.4 Å². The molecule has 9 nitrogen and oxygen atoms in total. The highest BCUT2D eigenvalue weighted by Gasteiger charge is 2.15. The predicted octanol–water partition coefficient (Wildman–Crippen LogP) is 3.29. The van der Waals surface area contributed by atoms with Gasteiger partial charge in [0, 0.05) is 22.8 Å². The van der Waals surface area contributed by atoms with Crippen molar-refractivity contribution in [2.45, 2.75) is 26.1 Å². The van der Waals surface area contributed by atoms with Crippen LogP contribution in [-0.4, -0.2) is 40.8 Å². The lowest BCUT2D eigenvalue weighted by Gasteiger charge is -2.16. The lowest BCUT2D eigenvalue weighted by molar-refractivity contribution is -0.0680. The van der Waals surface area contributed by atoms with Gasteiger partial charge in [-0.2, -0.15) is 0 Å². The number of nitrogen functional groups attached to an aromatic ring is 1. The molecule has 35 heavy (non-hydrogen) atoms. The Morgan fingerprint density at radius 1 is 0.886 bits per heavy atom. The smallest absolute Gasteiger partial charge is 0.255 e. The molecule has 3 aromatic carbocycles. The summed E-state index contributed by atoms with van der Waals surface area (Å²) >= 11 is 0. The van der Waals surface area contributed by atoms with Gasteiger partial charge in [0.15, 0.2) is 6.29 Å². The minimum Gasteiger partial charge on any atom is -0.488 e. The zero-order chi connectivity index (χ0) is 25.5. The molecule has 0 saturated carbocycles. The third kappa shape index (κ3) is 6.89. The Balaban J connectivity index is 1.87. The molecular weight excluding hydrogens is 448 g/mol. The van der Waals surface area contributed by atoms with Crippen molar-refractivity contribution in [1.29, 1.82) is 5.41 Å². The number of anilines is 2. The molecule has 0 radical (unpaired) electrons. The second kappa shape index (κ2) is 11.3. The molecule has 0 saturated heterocycles. The summed E-state index contributed by atoms with van der Waals surface area (Å²) in [6.07, 6.45) is -1.67. The maximum absolute atomic E-state index is 12.9. The number of nitrogens with two attached hydrogens (primary N) is 1. The highest BCUT2D eigenvalue weighted by Crippen LogP contribution is 2.29. The van der Waals surface area contributed by atoms with E-state index in [9.17, 15) is 9.59 Å². The number of hydrogen-bond donors (Lipinski definition) is 6. The number of carbonyl (C=O) groups excluding carboxylic acids is 2. The maximum atomic E-state index is 12.9. The van der Waals surface area contributed by atoms with E-state index in [-0.39, 0.29) is 29.4 Å². The summed E-state index contributed by atoms with van der Waals surface area (Å²) < 4.78 is 5.32. The summed E-state index contributed by atoms with van der Waals surface area (Å²) in [6.45, 7) is 3.75. The van der Waals surface area contributed by atoms with Crippen LogP contribution in [0.3, 0.4) is 0 Å². The van der Waals surface area contributed by atoms with Crippen LogP contribution in [0.1, 0.15) is 51.6 Å². The van der Waals surface area contributed by atoms with E-state index in [0.717, 1.165) is 5.56 Å². The molecule has 0 heterocycles. The molecule has 2 amide bonds. The third-order valence-electron chi connectivity index (χ3n) is 5.16. The SMILES string of the molecule is CC(C)c1ccc(C(=O)Nc2cc(OCC(O)O)ccc2NC(=O)c2cccc(C(=N)N)c2)cc1. The average Bonchev–Trinajstić information content (AvgIpc) is 2.84. The first-order valence-electron chi connectivity index (χ1n) is 10.9. The number of hydrogen-bond acceptors (Lipinski definition) is 6. The summed E-state index contributed by atoms with van der Waals surface area (Å²) in [5.74, 6) is -0.437. The third-order valence-corrected chi connectivity index (χ3v) is 5.16. The zero-order valence-electron chi connectivity index (χ0n) is 19.4. The number of carbonyl (C=O) groups is 2. The van der Waals surface area contributed by atoms with Crippen LogP contribution in [0.15, 0.2) is 66.7 Å². The van der Waals surface area contributed by atoms with Crippen LogP contribution in [0.5, 0.6) is 5.75 Å². The number of amides is 2. The largest absolute Gasteiger partial charge is 0.488 e. The van der Waals surface area contributed by atoms with E-state index in [1.54, 1.807) is 30.3 Å². The minimum absolute atomic E-state index is 0.163. The molecule has 0 bridgehead atoms. The van der Waals surface area contributed by atoms with Gasteiger partial charge in [-0.25, -0.2) is 0 Å². The van der Waals surface area contributed by atoms with Crippen LogP contribution in [-0.2, 0) is 0 Å². The van der Waals surface area contributed by atoms with Gasteiger partial charge in [-0.3, -0.25) is 15.0 Å². The molecule has 0 fully saturated rings. The Kier molecular flexibility index (Phi) is 8.19. The summed E-state index contributed by atoms with van der Waals surface area (Å²) in [7, 11) is 0. The molecule has 0 aromatic heterocycles. The summed E-state index contributed by atoms with van der Waals surface area (Å²) in [4.78, 5) is 25.8. The molecule has 0 aliphatic heterocycles. The second-order valence-electron chi connectivity index (χ2n) is 8.18. The molecule has 182 valence electrons. The van der Waals surface area contributed by atoms with Gasteiger partial charge in [0.2, 0.25) is 0 Å². The Bertz CT molecular complexity index is 1220. The molecule has 0 aliphatic carbocycles. The van der Waals surface area contributed by atoms with Gasteiger partial charge in [0.25, 0.3) is 11.8 Å². The number of rotatable bonds is 9. The lowest BCUT2D eigenvalue weighted by Crippen LogP contribution is -2.19. The number of amidine groups is 1. The molecule has 0 spiro atoms. The monoisotopic (exact) mass is 476 g/mol. The first-order chi connectivity index (χ1) is 16.6. The van der Waals surface area contributed by atoms with Crippen LogP contribution in [0.25, 0.3) is 0 Å². The van der Waals surface area contributed by atoms with E-state index in [0.29, 0.717) is 22.7 Å². The normalized spacial score (nSPS) is 10.8. The van der Waals surface area contributed by atoms with Crippen molar-refractivity contribution in [3.63, 3.8) is 0 Å². The Morgan fingerprint density at radius 2 is 1.51 bits per heavy atom. The fourth-order valence-electron chi connectivity index (χ4n) is 3.23. The van der Waals surface area contributed by atoms with Gasteiger partial charge in [0.1, 0.15) is 18.2 Å². The number of benzene rings is 3. The standard InChI is InChI=1S/C26H28N4O5/c1-15(2)16-6-8-17(9-7-16)25(33)30-22-13-20(35-14-23(31)32)10-11-21(22)29-26(34)19-5-3-4-18(12-19)24(27)28/h3-13,15,23,31-32H,14H2,1-2H3,(H3,27,28)(H,29,34)(H,30,33). The van der Waals surface area contributed by atoms with Crippen LogP contribution in [0, 0.1) is 5.41 Å². The van der Waals surface area contributed by atoms with E-state index in [4.69, 9.17) is 26.1 Å². The number of aliphatic hydroxyl groups is 2. The minimum atomic E-state index is -1.67.